The number of nitrogens with zero attached hydrogens (tertiary/aromatic N) is 3. The van der Waals surface area contributed by atoms with Crippen molar-refractivity contribution in [3.8, 4) is 0 Å². The molecule has 2 rings (SSSR count). The van der Waals surface area contributed by atoms with Crippen LogP contribution in [0.15, 0.2) is 18.2 Å². The number of nitrogens with one attached hydrogen (secondary N) is 2. The van der Waals surface area contributed by atoms with Gasteiger partial charge >= 0.3 is 0 Å². The molecule has 0 aliphatic rings. The first kappa shape index (κ1) is 11.1. The van der Waals surface area contributed by atoms with E-state index in [9.17, 15) is 13.6 Å². The number of amides is 1. The largest absolute Gasteiger partial charge is 0.344 e. The molecule has 1 aromatic carbocycles. The van der Waals surface area contributed by atoms with Crippen molar-refractivity contribution in [1.29, 1.82) is 0 Å². The topological polar surface area (TPSA) is 83.6 Å². The summed E-state index contributed by atoms with van der Waals surface area (Å²) >= 11 is 0. The fourth-order valence-electron chi connectivity index (χ4n) is 1.18. The van der Waals surface area contributed by atoms with Crippen LogP contribution in [0.3, 0.4) is 0 Å². The minimum absolute atomic E-state index is 0.0225. The molecule has 0 fully saturated rings. The summed E-state index contributed by atoms with van der Waals surface area (Å²) in [7, 11) is 0. The Kier molecular flexibility index (Phi) is 3.03. The van der Waals surface area contributed by atoms with Crippen LogP contribution in [0.5, 0.6) is 0 Å². The molecule has 0 saturated carbocycles. The maximum absolute atomic E-state index is 13.2. The summed E-state index contributed by atoms with van der Waals surface area (Å²) < 4.78 is 26.0. The number of carbonyl (C=O) groups is 1. The van der Waals surface area contributed by atoms with E-state index in [0.717, 1.165) is 18.2 Å². The van der Waals surface area contributed by atoms with Crippen LogP contribution < -0.4 is 5.32 Å². The smallest absolute Gasteiger partial charge is 0.254 e. The summed E-state index contributed by atoms with van der Waals surface area (Å²) in [6.07, 6.45) is 0. The molecule has 1 aromatic heterocycles. The lowest BCUT2D eigenvalue weighted by atomic mass is 10.2. The van der Waals surface area contributed by atoms with Crippen molar-refractivity contribution in [1.82, 2.24) is 25.9 Å². The maximum atomic E-state index is 13.2. The van der Waals surface area contributed by atoms with Crippen molar-refractivity contribution >= 4 is 5.91 Å². The van der Waals surface area contributed by atoms with Crippen molar-refractivity contribution < 1.29 is 13.6 Å². The molecule has 1 heterocycles. The second kappa shape index (κ2) is 4.64. The standard InChI is InChI=1S/C9H7F2N5O/c10-5-1-2-7(11)6(3-5)9(17)12-4-8-13-15-16-14-8/h1-3H,4H2,(H,12,17)(H,13,14,15,16). The van der Waals surface area contributed by atoms with Crippen LogP contribution >= 0.6 is 0 Å². The minimum Gasteiger partial charge on any atom is -0.344 e. The lowest BCUT2D eigenvalue weighted by Gasteiger charge is -2.03. The van der Waals surface area contributed by atoms with E-state index in [1.54, 1.807) is 0 Å². The van der Waals surface area contributed by atoms with Gasteiger partial charge in [-0.3, -0.25) is 4.79 Å². The molecule has 1 amide bonds. The van der Waals surface area contributed by atoms with Gasteiger partial charge in [0.1, 0.15) is 11.6 Å². The zero-order valence-corrected chi connectivity index (χ0v) is 8.44. The highest BCUT2D eigenvalue weighted by Crippen LogP contribution is 2.09. The first-order valence-electron chi connectivity index (χ1n) is 4.62. The first-order chi connectivity index (χ1) is 8.16. The molecule has 8 heteroatoms. The van der Waals surface area contributed by atoms with Crippen LogP contribution in [0.2, 0.25) is 0 Å². The fraction of sp³-hybridized carbons (Fsp3) is 0.111. The molecule has 0 radical (unpaired) electrons. The summed E-state index contributed by atoms with van der Waals surface area (Å²) in [5.74, 6) is -1.98. The second-order valence-electron chi connectivity index (χ2n) is 3.13. The third-order valence-electron chi connectivity index (χ3n) is 1.97. The first-order valence-corrected chi connectivity index (χ1v) is 4.62. The van der Waals surface area contributed by atoms with Gasteiger partial charge in [0.2, 0.25) is 0 Å². The van der Waals surface area contributed by atoms with E-state index in [1.807, 2.05) is 0 Å². The second-order valence-corrected chi connectivity index (χ2v) is 3.13. The summed E-state index contributed by atoms with van der Waals surface area (Å²) in [5, 5.41) is 15.0. The Morgan fingerprint density at radius 1 is 1.41 bits per heavy atom. The zero-order valence-electron chi connectivity index (χ0n) is 8.44. The third-order valence-corrected chi connectivity index (χ3v) is 1.97. The van der Waals surface area contributed by atoms with Crippen molar-refractivity contribution in [3.05, 3.63) is 41.2 Å². The van der Waals surface area contributed by atoms with Crippen LogP contribution in [-0.2, 0) is 6.54 Å². The molecule has 2 aromatic rings. The van der Waals surface area contributed by atoms with Crippen LogP contribution in [0.4, 0.5) is 8.78 Å². The highest BCUT2D eigenvalue weighted by Gasteiger charge is 2.13. The number of tetrazole rings is 1. The molecule has 88 valence electrons. The fourth-order valence-corrected chi connectivity index (χ4v) is 1.18. The molecule has 0 saturated heterocycles. The number of aromatic nitrogens is 4. The van der Waals surface area contributed by atoms with Gasteiger partial charge in [0.25, 0.3) is 5.91 Å². The average Bonchev–Trinajstić information content (AvgIpc) is 2.82. The summed E-state index contributed by atoms with van der Waals surface area (Å²) in [6.45, 7) is -0.0225. The van der Waals surface area contributed by atoms with Gasteiger partial charge in [-0.15, -0.1) is 10.2 Å². The number of aromatic amines is 1. The Labute approximate surface area is 94.0 Å². The van der Waals surface area contributed by atoms with Gasteiger partial charge in [-0.2, -0.15) is 5.21 Å². The monoisotopic (exact) mass is 239 g/mol. The lowest BCUT2D eigenvalue weighted by Crippen LogP contribution is -2.24. The lowest BCUT2D eigenvalue weighted by molar-refractivity contribution is 0.0945. The summed E-state index contributed by atoms with van der Waals surface area (Å²) in [6, 6.07) is 2.64. The van der Waals surface area contributed by atoms with Crippen molar-refractivity contribution in [3.63, 3.8) is 0 Å². The molecule has 0 bridgehead atoms. The molecule has 0 atom stereocenters. The molecule has 0 aliphatic carbocycles. The normalized spacial score (nSPS) is 10.2. The van der Waals surface area contributed by atoms with Crippen LogP contribution in [0, 0.1) is 11.6 Å². The summed E-state index contributed by atoms with van der Waals surface area (Å²) in [4.78, 5) is 11.5. The number of H-pyrrole nitrogens is 1. The van der Waals surface area contributed by atoms with Crippen molar-refractivity contribution in [2.24, 2.45) is 0 Å². The molecule has 6 nitrogen and oxygen atoms in total. The molecule has 0 aliphatic heterocycles. The Balaban J connectivity index is 2.07. The van der Waals surface area contributed by atoms with Crippen molar-refractivity contribution in [2.75, 3.05) is 0 Å². The van der Waals surface area contributed by atoms with E-state index in [4.69, 9.17) is 0 Å². The summed E-state index contributed by atoms with van der Waals surface area (Å²) in [5.41, 5.74) is -0.367. The molecule has 0 spiro atoms. The third kappa shape index (κ3) is 2.60. The van der Waals surface area contributed by atoms with Gasteiger partial charge in [0.05, 0.1) is 12.1 Å². The number of hydrogen-bond acceptors (Lipinski definition) is 4. The molecular formula is C9H7F2N5O. The Hall–Kier alpha value is -2.38. The maximum Gasteiger partial charge on any atom is 0.254 e. The SMILES string of the molecule is O=C(NCc1nn[nH]n1)c1cc(F)ccc1F. The number of carbonyl (C=O) groups excluding carboxylic acids is 1. The highest BCUT2D eigenvalue weighted by molar-refractivity contribution is 5.94. The van der Waals surface area contributed by atoms with Crippen LogP contribution in [-0.4, -0.2) is 26.5 Å². The number of benzene rings is 1. The Bertz CT molecular complexity index is 528. The van der Waals surface area contributed by atoms with Gasteiger partial charge in [0, 0.05) is 0 Å². The minimum atomic E-state index is -0.794. The van der Waals surface area contributed by atoms with E-state index in [0.29, 0.717) is 0 Å². The van der Waals surface area contributed by atoms with Gasteiger partial charge < -0.3 is 5.32 Å². The number of halogens is 2. The highest BCUT2D eigenvalue weighted by atomic mass is 19.1. The van der Waals surface area contributed by atoms with Crippen LogP contribution in [0.25, 0.3) is 0 Å². The van der Waals surface area contributed by atoms with Gasteiger partial charge in [-0.05, 0) is 18.2 Å². The van der Waals surface area contributed by atoms with Gasteiger partial charge in [-0.1, -0.05) is 5.21 Å². The Morgan fingerprint density at radius 3 is 2.94 bits per heavy atom. The molecule has 17 heavy (non-hydrogen) atoms. The van der Waals surface area contributed by atoms with E-state index in [-0.39, 0.29) is 17.9 Å². The average molecular weight is 239 g/mol. The molecular weight excluding hydrogens is 232 g/mol. The van der Waals surface area contributed by atoms with Crippen LogP contribution in [0.1, 0.15) is 16.2 Å². The zero-order chi connectivity index (χ0) is 12.3. The molecule has 0 unspecified atom stereocenters. The van der Waals surface area contributed by atoms with E-state index < -0.39 is 17.5 Å². The van der Waals surface area contributed by atoms with Gasteiger partial charge in [0.15, 0.2) is 5.82 Å². The predicted octanol–water partition coefficient (Wildman–Crippen LogP) is 0.408. The van der Waals surface area contributed by atoms with E-state index in [2.05, 4.69) is 25.9 Å². The van der Waals surface area contributed by atoms with Crippen molar-refractivity contribution in [2.45, 2.75) is 6.54 Å². The quantitative estimate of drug-likeness (QED) is 0.812. The molecule has 2 N–H and O–H groups in total. The number of rotatable bonds is 3. The van der Waals surface area contributed by atoms with E-state index in [1.165, 1.54) is 0 Å². The Morgan fingerprint density at radius 2 is 2.24 bits per heavy atom. The van der Waals surface area contributed by atoms with E-state index >= 15 is 0 Å². The number of hydrogen-bond donors (Lipinski definition) is 2. The van der Waals surface area contributed by atoms with Gasteiger partial charge in [-0.25, -0.2) is 8.78 Å². The predicted molar refractivity (Wildman–Crippen MR) is 51.7 cm³/mol.